The number of aliphatic hydroxyl groups excluding tert-OH is 1. The van der Waals surface area contributed by atoms with E-state index in [9.17, 15) is 14.3 Å². The van der Waals surface area contributed by atoms with Crippen LogP contribution in [0, 0.1) is 5.82 Å². The summed E-state index contributed by atoms with van der Waals surface area (Å²) < 4.78 is 13.5. The maximum Gasteiger partial charge on any atom is 0.257 e. The fourth-order valence-corrected chi connectivity index (χ4v) is 2.25. The summed E-state index contributed by atoms with van der Waals surface area (Å²) >= 11 is 0. The van der Waals surface area contributed by atoms with Crippen molar-refractivity contribution in [2.24, 2.45) is 0 Å². The summed E-state index contributed by atoms with van der Waals surface area (Å²) in [4.78, 5) is 13.7. The Morgan fingerprint density at radius 3 is 2.88 bits per heavy atom. The molecule has 1 unspecified atom stereocenters. The van der Waals surface area contributed by atoms with E-state index in [2.05, 4.69) is 0 Å². The number of piperidine rings is 1. The van der Waals surface area contributed by atoms with Crippen molar-refractivity contribution in [1.82, 2.24) is 4.90 Å². The van der Waals surface area contributed by atoms with Gasteiger partial charge in [-0.25, -0.2) is 4.39 Å². The molecule has 1 saturated heterocycles. The molecule has 3 nitrogen and oxygen atoms in total. The Kier molecular flexibility index (Phi) is 3.74. The van der Waals surface area contributed by atoms with Crippen LogP contribution in [0.3, 0.4) is 0 Å². The molecule has 0 radical (unpaired) electrons. The number of halogens is 1. The average Bonchev–Trinajstić information content (AvgIpc) is 2.38. The molecule has 1 atom stereocenters. The highest BCUT2D eigenvalue weighted by atomic mass is 19.1. The number of hydrogen-bond donors (Lipinski definition) is 1. The molecule has 1 aromatic rings. The van der Waals surface area contributed by atoms with Crippen molar-refractivity contribution < 1.29 is 14.3 Å². The van der Waals surface area contributed by atoms with Crippen LogP contribution < -0.4 is 0 Å². The van der Waals surface area contributed by atoms with Crippen molar-refractivity contribution in [3.05, 3.63) is 35.6 Å². The van der Waals surface area contributed by atoms with E-state index in [0.717, 1.165) is 19.3 Å². The third-order valence-corrected chi connectivity index (χ3v) is 3.20. The predicted molar refractivity (Wildman–Crippen MR) is 62.2 cm³/mol. The molecule has 0 bridgehead atoms. The second-order valence-corrected chi connectivity index (χ2v) is 4.31. The van der Waals surface area contributed by atoms with Gasteiger partial charge in [0.05, 0.1) is 18.2 Å². The average molecular weight is 237 g/mol. The van der Waals surface area contributed by atoms with E-state index in [4.69, 9.17) is 0 Å². The summed E-state index contributed by atoms with van der Waals surface area (Å²) in [5.74, 6) is -0.818. The number of likely N-dealkylation sites (tertiary alicyclic amines) is 1. The molecule has 1 aliphatic rings. The minimum atomic E-state index is -0.500. The number of rotatable bonds is 2. The van der Waals surface area contributed by atoms with Gasteiger partial charge < -0.3 is 10.0 Å². The zero-order chi connectivity index (χ0) is 12.3. The number of hydrogen-bond acceptors (Lipinski definition) is 2. The molecule has 1 aliphatic heterocycles. The lowest BCUT2D eigenvalue weighted by atomic mass is 10.0. The molecule has 1 fully saturated rings. The Bertz CT molecular complexity index is 408. The van der Waals surface area contributed by atoms with Crippen LogP contribution in [-0.4, -0.2) is 35.1 Å². The molecule has 1 amide bonds. The highest BCUT2D eigenvalue weighted by Gasteiger charge is 2.28. The van der Waals surface area contributed by atoms with E-state index in [-0.39, 0.29) is 24.1 Å². The number of carbonyl (C=O) groups is 1. The van der Waals surface area contributed by atoms with Crippen LogP contribution in [0.4, 0.5) is 4.39 Å². The van der Waals surface area contributed by atoms with Gasteiger partial charge in [0.1, 0.15) is 5.82 Å². The third-order valence-electron chi connectivity index (χ3n) is 3.20. The summed E-state index contributed by atoms with van der Waals surface area (Å²) in [6.45, 7) is 0.540. The van der Waals surface area contributed by atoms with Crippen molar-refractivity contribution >= 4 is 5.91 Å². The highest BCUT2D eigenvalue weighted by molar-refractivity contribution is 5.94. The maximum absolute atomic E-state index is 13.5. The smallest absolute Gasteiger partial charge is 0.257 e. The molecule has 1 aromatic carbocycles. The molecule has 1 heterocycles. The van der Waals surface area contributed by atoms with Crippen LogP contribution in [-0.2, 0) is 0 Å². The minimum absolute atomic E-state index is 0.0554. The van der Waals surface area contributed by atoms with Crippen molar-refractivity contribution in [3.63, 3.8) is 0 Å². The molecule has 0 saturated carbocycles. The first kappa shape index (κ1) is 12.0. The quantitative estimate of drug-likeness (QED) is 0.852. The zero-order valence-corrected chi connectivity index (χ0v) is 9.60. The van der Waals surface area contributed by atoms with Gasteiger partial charge in [-0.3, -0.25) is 4.79 Å². The van der Waals surface area contributed by atoms with Gasteiger partial charge in [-0.15, -0.1) is 0 Å². The summed E-state index contributed by atoms with van der Waals surface area (Å²) in [6.07, 6.45) is 2.71. The van der Waals surface area contributed by atoms with Crippen molar-refractivity contribution in [2.45, 2.75) is 25.3 Å². The molecule has 1 N–H and O–H groups in total. The summed E-state index contributed by atoms with van der Waals surface area (Å²) in [6, 6.07) is 5.81. The molecule has 4 heteroatoms. The van der Waals surface area contributed by atoms with Crippen molar-refractivity contribution in [2.75, 3.05) is 13.2 Å². The van der Waals surface area contributed by atoms with Gasteiger partial charge in [-0.1, -0.05) is 12.1 Å². The second-order valence-electron chi connectivity index (χ2n) is 4.31. The summed E-state index contributed by atoms with van der Waals surface area (Å²) in [5.41, 5.74) is 0.0906. The van der Waals surface area contributed by atoms with E-state index >= 15 is 0 Å². The van der Waals surface area contributed by atoms with E-state index in [1.54, 1.807) is 17.0 Å². The summed E-state index contributed by atoms with van der Waals surface area (Å²) in [7, 11) is 0. The Balaban J connectivity index is 2.21. The van der Waals surface area contributed by atoms with E-state index in [1.807, 2.05) is 0 Å². The van der Waals surface area contributed by atoms with Crippen LogP contribution in [0.2, 0.25) is 0 Å². The topological polar surface area (TPSA) is 40.5 Å². The van der Waals surface area contributed by atoms with Crippen LogP contribution in [0.25, 0.3) is 0 Å². The normalized spacial score (nSPS) is 20.4. The standard InChI is InChI=1S/C13H16FNO2/c14-12-7-2-1-6-11(12)13(17)15-8-4-3-5-10(15)9-16/h1-2,6-7,10,16H,3-5,8-9H2. The van der Waals surface area contributed by atoms with Crippen molar-refractivity contribution in [1.29, 1.82) is 0 Å². The SMILES string of the molecule is O=C(c1ccccc1F)N1CCCCC1CO. The lowest BCUT2D eigenvalue weighted by Crippen LogP contribution is -2.45. The van der Waals surface area contributed by atoms with Crippen LogP contribution in [0.5, 0.6) is 0 Å². The Hall–Kier alpha value is -1.42. The number of nitrogens with zero attached hydrogens (tertiary/aromatic N) is 1. The van der Waals surface area contributed by atoms with E-state index in [1.165, 1.54) is 12.1 Å². The maximum atomic E-state index is 13.5. The van der Waals surface area contributed by atoms with Crippen molar-refractivity contribution in [3.8, 4) is 0 Å². The van der Waals surface area contributed by atoms with Crippen LogP contribution in [0.15, 0.2) is 24.3 Å². The first-order chi connectivity index (χ1) is 8.24. The van der Waals surface area contributed by atoms with Gasteiger partial charge in [0.15, 0.2) is 0 Å². The fourth-order valence-electron chi connectivity index (χ4n) is 2.25. The Labute approximate surface area is 99.9 Å². The van der Waals surface area contributed by atoms with Gasteiger partial charge in [0.25, 0.3) is 5.91 Å². The Morgan fingerprint density at radius 2 is 2.18 bits per heavy atom. The van der Waals surface area contributed by atoms with Gasteiger partial charge >= 0.3 is 0 Å². The summed E-state index contributed by atoms with van der Waals surface area (Å²) in [5, 5.41) is 9.24. The molecule has 17 heavy (non-hydrogen) atoms. The van der Waals surface area contributed by atoms with Crippen LogP contribution >= 0.6 is 0 Å². The zero-order valence-electron chi connectivity index (χ0n) is 9.60. The van der Waals surface area contributed by atoms with Gasteiger partial charge in [0.2, 0.25) is 0 Å². The Morgan fingerprint density at radius 1 is 1.41 bits per heavy atom. The molecule has 0 aliphatic carbocycles. The molecule has 0 spiro atoms. The van der Waals surface area contributed by atoms with Gasteiger partial charge in [-0.2, -0.15) is 0 Å². The third kappa shape index (κ3) is 2.47. The number of amides is 1. The first-order valence-electron chi connectivity index (χ1n) is 5.90. The molecular formula is C13H16FNO2. The fraction of sp³-hybridized carbons (Fsp3) is 0.462. The molecule has 2 rings (SSSR count). The molecule has 92 valence electrons. The van der Waals surface area contributed by atoms with E-state index < -0.39 is 5.82 Å². The number of aliphatic hydroxyl groups is 1. The largest absolute Gasteiger partial charge is 0.394 e. The highest BCUT2D eigenvalue weighted by Crippen LogP contribution is 2.20. The minimum Gasteiger partial charge on any atom is -0.394 e. The molecule has 0 aromatic heterocycles. The lowest BCUT2D eigenvalue weighted by Gasteiger charge is -2.34. The predicted octanol–water partition coefficient (Wildman–Crippen LogP) is 1.81. The number of carbonyl (C=O) groups excluding carboxylic acids is 1. The van der Waals surface area contributed by atoms with Crippen LogP contribution in [0.1, 0.15) is 29.6 Å². The van der Waals surface area contributed by atoms with Gasteiger partial charge in [-0.05, 0) is 31.4 Å². The second kappa shape index (κ2) is 5.27. The first-order valence-corrected chi connectivity index (χ1v) is 5.90. The number of benzene rings is 1. The van der Waals surface area contributed by atoms with Gasteiger partial charge in [0, 0.05) is 6.54 Å². The molecular weight excluding hydrogens is 221 g/mol. The van der Waals surface area contributed by atoms with E-state index in [0.29, 0.717) is 6.54 Å². The monoisotopic (exact) mass is 237 g/mol. The lowest BCUT2D eigenvalue weighted by molar-refractivity contribution is 0.0498.